The molecule has 20 heavy (non-hydrogen) atoms. The highest BCUT2D eigenvalue weighted by Crippen LogP contribution is 2.32. The van der Waals surface area contributed by atoms with Gasteiger partial charge < -0.3 is 5.73 Å². The minimum absolute atomic E-state index is 0.0599. The lowest BCUT2D eigenvalue weighted by Gasteiger charge is -2.11. The monoisotopic (exact) mass is 335 g/mol. The third-order valence-electron chi connectivity index (χ3n) is 2.26. The van der Waals surface area contributed by atoms with Crippen LogP contribution in [0.25, 0.3) is 0 Å². The van der Waals surface area contributed by atoms with Gasteiger partial charge in [0.15, 0.2) is 0 Å². The Hall–Kier alpha value is -1.57. The van der Waals surface area contributed by atoms with Crippen LogP contribution in [-0.2, 0) is 10.0 Å². The van der Waals surface area contributed by atoms with Crippen LogP contribution < -0.4 is 10.5 Å². The molecular formula is C11H8Cl2FN3O2S. The summed E-state index contributed by atoms with van der Waals surface area (Å²) >= 11 is 11.7. The molecule has 0 saturated heterocycles. The topological polar surface area (TPSA) is 85.1 Å². The second-order valence-corrected chi connectivity index (χ2v) is 6.21. The van der Waals surface area contributed by atoms with Gasteiger partial charge in [0.05, 0.1) is 16.2 Å². The first kappa shape index (κ1) is 14.8. The summed E-state index contributed by atoms with van der Waals surface area (Å²) in [7, 11) is -4.06. The molecule has 1 aromatic carbocycles. The molecule has 0 aliphatic heterocycles. The second kappa shape index (κ2) is 5.43. The van der Waals surface area contributed by atoms with Gasteiger partial charge >= 0.3 is 0 Å². The van der Waals surface area contributed by atoms with Crippen molar-refractivity contribution in [3.63, 3.8) is 0 Å². The first-order chi connectivity index (χ1) is 9.29. The van der Waals surface area contributed by atoms with Gasteiger partial charge in [0.1, 0.15) is 16.5 Å². The van der Waals surface area contributed by atoms with E-state index < -0.39 is 15.8 Å². The second-order valence-electron chi connectivity index (χ2n) is 3.78. The summed E-state index contributed by atoms with van der Waals surface area (Å²) in [6.07, 6.45) is 0.879. The third kappa shape index (κ3) is 3.12. The van der Waals surface area contributed by atoms with Crippen LogP contribution in [0.5, 0.6) is 0 Å². The van der Waals surface area contributed by atoms with Gasteiger partial charge in [-0.1, -0.05) is 23.2 Å². The number of nitrogens with two attached hydrogens (primary N) is 1. The third-order valence-corrected chi connectivity index (χ3v) is 4.53. The van der Waals surface area contributed by atoms with Crippen LogP contribution in [0.15, 0.2) is 35.4 Å². The van der Waals surface area contributed by atoms with Crippen LogP contribution in [0.4, 0.5) is 15.9 Å². The number of benzene rings is 1. The Morgan fingerprint density at radius 2 is 1.80 bits per heavy atom. The Kier molecular flexibility index (Phi) is 4.03. The fraction of sp³-hybridized carbons (Fsp3) is 0. The molecule has 0 fully saturated rings. The van der Waals surface area contributed by atoms with Gasteiger partial charge in [0.25, 0.3) is 10.0 Å². The van der Waals surface area contributed by atoms with E-state index in [9.17, 15) is 12.8 Å². The Morgan fingerprint density at radius 1 is 1.20 bits per heavy atom. The normalized spacial score (nSPS) is 11.3. The van der Waals surface area contributed by atoms with Crippen molar-refractivity contribution >= 4 is 44.7 Å². The molecule has 1 heterocycles. The molecule has 0 spiro atoms. The molecule has 106 valence electrons. The Bertz CT molecular complexity index is 728. The summed E-state index contributed by atoms with van der Waals surface area (Å²) in [5, 5.41) is -0.241. The van der Waals surface area contributed by atoms with Gasteiger partial charge in [-0.05, 0) is 24.3 Å². The number of halogens is 3. The lowest BCUT2D eigenvalue weighted by atomic mass is 10.3. The Morgan fingerprint density at radius 3 is 2.30 bits per heavy atom. The molecule has 0 aliphatic rings. The van der Waals surface area contributed by atoms with E-state index in [1.165, 1.54) is 18.2 Å². The predicted octanol–water partition coefficient (Wildman–Crippen LogP) is 2.91. The summed E-state index contributed by atoms with van der Waals surface area (Å²) in [5.74, 6) is -0.646. The number of nitrogens with one attached hydrogen (secondary N) is 1. The first-order valence-electron chi connectivity index (χ1n) is 5.18. The van der Waals surface area contributed by atoms with Crippen LogP contribution in [-0.4, -0.2) is 13.4 Å². The molecule has 0 bridgehead atoms. The average molecular weight is 336 g/mol. The molecule has 1 aromatic heterocycles. The van der Waals surface area contributed by atoms with E-state index in [0.29, 0.717) is 0 Å². The predicted molar refractivity (Wildman–Crippen MR) is 75.9 cm³/mol. The number of rotatable bonds is 3. The summed E-state index contributed by atoms with van der Waals surface area (Å²) in [5.41, 5.74) is 5.74. The fourth-order valence-electron chi connectivity index (χ4n) is 1.46. The van der Waals surface area contributed by atoms with E-state index in [-0.39, 0.29) is 26.4 Å². The molecule has 5 nitrogen and oxygen atoms in total. The van der Waals surface area contributed by atoms with Gasteiger partial charge in [-0.3, -0.25) is 4.72 Å². The number of hydrogen-bond donors (Lipinski definition) is 2. The van der Waals surface area contributed by atoms with Crippen LogP contribution in [0.2, 0.25) is 10.0 Å². The number of anilines is 2. The minimum Gasteiger partial charge on any atom is -0.399 e. The van der Waals surface area contributed by atoms with Crippen molar-refractivity contribution in [3.05, 3.63) is 46.3 Å². The summed E-state index contributed by atoms with van der Waals surface area (Å²) in [6, 6.07) is 4.77. The number of aromatic nitrogens is 1. The molecule has 0 unspecified atom stereocenters. The number of nitrogen functional groups attached to an aromatic ring is 1. The molecule has 0 saturated carbocycles. The number of hydrogen-bond acceptors (Lipinski definition) is 4. The smallest absolute Gasteiger partial charge is 0.266 e. The zero-order valence-electron chi connectivity index (χ0n) is 9.77. The molecule has 0 aliphatic carbocycles. The number of nitrogens with zero attached hydrogens (tertiary/aromatic N) is 1. The maximum absolute atomic E-state index is 12.7. The SMILES string of the molecule is Nc1cc(Cl)c(S(=O)(=O)Nc2ccc(F)cn2)c(Cl)c1. The molecule has 2 aromatic rings. The van der Waals surface area contributed by atoms with Crippen molar-refractivity contribution in [3.8, 4) is 0 Å². The maximum atomic E-state index is 12.7. The van der Waals surface area contributed by atoms with Gasteiger partial charge in [0.2, 0.25) is 0 Å². The van der Waals surface area contributed by atoms with E-state index in [0.717, 1.165) is 12.3 Å². The molecular weight excluding hydrogens is 328 g/mol. The van der Waals surface area contributed by atoms with E-state index >= 15 is 0 Å². The van der Waals surface area contributed by atoms with Crippen molar-refractivity contribution in [2.24, 2.45) is 0 Å². The number of sulfonamides is 1. The minimum atomic E-state index is -4.06. The first-order valence-corrected chi connectivity index (χ1v) is 7.42. The zero-order valence-corrected chi connectivity index (χ0v) is 12.1. The van der Waals surface area contributed by atoms with E-state index in [1.54, 1.807) is 0 Å². The van der Waals surface area contributed by atoms with Crippen molar-refractivity contribution in [2.75, 3.05) is 10.5 Å². The van der Waals surface area contributed by atoms with Crippen molar-refractivity contribution in [1.29, 1.82) is 0 Å². The molecule has 9 heteroatoms. The van der Waals surface area contributed by atoms with E-state index in [2.05, 4.69) is 9.71 Å². The van der Waals surface area contributed by atoms with E-state index in [1.807, 2.05) is 0 Å². The average Bonchev–Trinajstić information content (AvgIpc) is 2.30. The fourth-order valence-corrected chi connectivity index (χ4v) is 3.70. The Balaban J connectivity index is 2.43. The highest BCUT2D eigenvalue weighted by Gasteiger charge is 2.22. The quantitative estimate of drug-likeness (QED) is 0.844. The van der Waals surface area contributed by atoms with Crippen molar-refractivity contribution in [1.82, 2.24) is 4.98 Å². The Labute approximate surface area is 124 Å². The zero-order chi connectivity index (χ0) is 14.9. The van der Waals surface area contributed by atoms with Gasteiger partial charge in [0, 0.05) is 5.69 Å². The molecule has 0 radical (unpaired) electrons. The van der Waals surface area contributed by atoms with Crippen LogP contribution in [0.1, 0.15) is 0 Å². The summed E-state index contributed by atoms with van der Waals surface area (Å²) < 4.78 is 39.2. The van der Waals surface area contributed by atoms with Gasteiger partial charge in [-0.2, -0.15) is 0 Å². The molecule has 3 N–H and O–H groups in total. The lowest BCUT2D eigenvalue weighted by Crippen LogP contribution is -2.15. The van der Waals surface area contributed by atoms with Gasteiger partial charge in [-0.15, -0.1) is 0 Å². The number of pyridine rings is 1. The highest BCUT2D eigenvalue weighted by molar-refractivity contribution is 7.93. The summed E-state index contributed by atoms with van der Waals surface area (Å²) in [6.45, 7) is 0. The van der Waals surface area contributed by atoms with Crippen molar-refractivity contribution < 1.29 is 12.8 Å². The summed E-state index contributed by atoms with van der Waals surface area (Å²) in [4.78, 5) is 3.27. The lowest BCUT2D eigenvalue weighted by molar-refractivity contribution is 0.600. The van der Waals surface area contributed by atoms with E-state index in [4.69, 9.17) is 28.9 Å². The highest BCUT2D eigenvalue weighted by atomic mass is 35.5. The van der Waals surface area contributed by atoms with Gasteiger partial charge in [-0.25, -0.2) is 17.8 Å². The van der Waals surface area contributed by atoms with Crippen molar-refractivity contribution in [2.45, 2.75) is 4.90 Å². The molecule has 0 atom stereocenters. The standard InChI is InChI=1S/C11H8Cl2FN3O2S/c12-8-3-7(15)4-9(13)11(8)20(18,19)17-10-2-1-6(14)5-16-10/h1-5H,15H2,(H,16,17). The maximum Gasteiger partial charge on any atom is 0.266 e. The molecule has 2 rings (SSSR count). The molecule has 0 amide bonds. The largest absolute Gasteiger partial charge is 0.399 e. The van der Waals surface area contributed by atoms with Crippen LogP contribution >= 0.6 is 23.2 Å². The van der Waals surface area contributed by atoms with Crippen LogP contribution in [0.3, 0.4) is 0 Å². The van der Waals surface area contributed by atoms with Crippen LogP contribution in [0, 0.1) is 5.82 Å².